The van der Waals surface area contributed by atoms with E-state index >= 15 is 0 Å². The molecule has 0 saturated heterocycles. The Morgan fingerprint density at radius 2 is 1.89 bits per heavy atom. The molecular formula is C19H23N7OS. The lowest BCUT2D eigenvalue weighted by Gasteiger charge is -2.18. The van der Waals surface area contributed by atoms with Crippen LogP contribution in [0.4, 0.5) is 11.8 Å². The molecular weight excluding hydrogens is 374 g/mol. The van der Waals surface area contributed by atoms with Gasteiger partial charge in [-0.3, -0.25) is 4.79 Å². The molecule has 0 radical (unpaired) electrons. The Labute approximate surface area is 168 Å². The van der Waals surface area contributed by atoms with Crippen molar-refractivity contribution < 1.29 is 4.79 Å². The third kappa shape index (κ3) is 4.86. The van der Waals surface area contributed by atoms with Gasteiger partial charge in [-0.1, -0.05) is 42.1 Å². The summed E-state index contributed by atoms with van der Waals surface area (Å²) in [6.45, 7) is 6.31. The molecule has 9 heteroatoms. The second kappa shape index (κ2) is 9.32. The van der Waals surface area contributed by atoms with Crippen LogP contribution in [0.2, 0.25) is 0 Å². The van der Waals surface area contributed by atoms with E-state index in [-0.39, 0.29) is 5.75 Å². The summed E-state index contributed by atoms with van der Waals surface area (Å²) in [6, 6.07) is 10.0. The molecule has 2 heterocycles. The number of thioether (sulfide) groups is 1. The first kappa shape index (κ1) is 19.8. The molecule has 0 aliphatic carbocycles. The van der Waals surface area contributed by atoms with E-state index in [2.05, 4.69) is 44.0 Å². The molecule has 0 aliphatic rings. The second-order valence-corrected chi connectivity index (χ2v) is 6.97. The molecule has 0 aliphatic heterocycles. The van der Waals surface area contributed by atoms with Crippen molar-refractivity contribution in [1.82, 2.24) is 19.9 Å². The summed E-state index contributed by atoms with van der Waals surface area (Å²) < 4.78 is 0. The fourth-order valence-electron chi connectivity index (χ4n) is 2.66. The first-order valence-corrected chi connectivity index (χ1v) is 10.1. The van der Waals surface area contributed by atoms with E-state index in [4.69, 9.17) is 5.73 Å². The minimum Gasteiger partial charge on any atom is -0.369 e. The van der Waals surface area contributed by atoms with E-state index in [0.717, 1.165) is 24.0 Å². The van der Waals surface area contributed by atoms with Gasteiger partial charge in [0.1, 0.15) is 5.82 Å². The number of rotatable bonds is 9. The van der Waals surface area contributed by atoms with Crippen LogP contribution in [-0.2, 0) is 11.3 Å². The van der Waals surface area contributed by atoms with Gasteiger partial charge < -0.3 is 16.0 Å². The molecule has 0 fully saturated rings. The van der Waals surface area contributed by atoms with Crippen LogP contribution >= 0.6 is 11.8 Å². The Morgan fingerprint density at radius 1 is 1.14 bits per heavy atom. The maximum atomic E-state index is 11.2. The molecule has 0 bridgehead atoms. The Bertz CT molecular complexity index is 948. The lowest BCUT2D eigenvalue weighted by molar-refractivity contribution is -0.115. The summed E-state index contributed by atoms with van der Waals surface area (Å²) in [5.74, 6) is 0.944. The number of anilines is 2. The fraction of sp³-hybridized carbons (Fsp3) is 0.316. The fourth-order valence-corrected chi connectivity index (χ4v) is 3.24. The minimum absolute atomic E-state index is 0.109. The lowest BCUT2D eigenvalue weighted by atomic mass is 10.2. The smallest absolute Gasteiger partial charge is 0.227 e. The summed E-state index contributed by atoms with van der Waals surface area (Å²) in [7, 11) is 0. The number of fused-ring (bicyclic) bond motifs is 1. The molecule has 1 amide bonds. The number of primary amides is 1. The predicted molar refractivity (Wildman–Crippen MR) is 112 cm³/mol. The molecule has 3 N–H and O–H groups in total. The summed E-state index contributed by atoms with van der Waals surface area (Å²) in [5, 5.41) is 4.52. The average Bonchev–Trinajstić information content (AvgIpc) is 2.72. The standard InChI is InChI=1S/C19H23N7OS/c1-3-26(4-2)18-22-11-14-16(21-10-13-8-6-5-7-9-13)24-19(25-17(14)23-18)28-12-15(20)27/h5-9,11H,3-4,10,12H2,1-2H3,(H2,20,27)(H,21,22,23,24,25). The third-order valence-electron chi connectivity index (χ3n) is 4.11. The first-order valence-electron chi connectivity index (χ1n) is 9.09. The van der Waals surface area contributed by atoms with Gasteiger partial charge in [-0.15, -0.1) is 0 Å². The normalized spacial score (nSPS) is 10.8. The van der Waals surface area contributed by atoms with Gasteiger partial charge >= 0.3 is 0 Å². The Hall–Kier alpha value is -2.94. The quantitative estimate of drug-likeness (QED) is 0.418. The SMILES string of the molecule is CCN(CC)c1ncc2c(NCc3ccccc3)nc(SCC(N)=O)nc2n1. The van der Waals surface area contributed by atoms with Crippen LogP contribution in [0.15, 0.2) is 41.7 Å². The van der Waals surface area contributed by atoms with Crippen LogP contribution in [0.3, 0.4) is 0 Å². The molecule has 0 unspecified atom stereocenters. The zero-order chi connectivity index (χ0) is 19.9. The number of benzene rings is 1. The van der Waals surface area contributed by atoms with E-state index in [9.17, 15) is 4.79 Å². The van der Waals surface area contributed by atoms with Gasteiger partial charge in [-0.05, 0) is 19.4 Å². The van der Waals surface area contributed by atoms with Crippen LogP contribution in [0.5, 0.6) is 0 Å². The number of hydrogen-bond donors (Lipinski definition) is 2. The summed E-state index contributed by atoms with van der Waals surface area (Å²) in [5.41, 5.74) is 6.93. The van der Waals surface area contributed by atoms with Gasteiger partial charge in [0.15, 0.2) is 10.8 Å². The molecule has 0 atom stereocenters. The highest BCUT2D eigenvalue weighted by molar-refractivity contribution is 7.99. The van der Waals surface area contributed by atoms with Crippen molar-refractivity contribution in [2.75, 3.05) is 29.1 Å². The van der Waals surface area contributed by atoms with Gasteiger partial charge in [0.2, 0.25) is 11.9 Å². The first-order chi connectivity index (χ1) is 13.6. The van der Waals surface area contributed by atoms with Crippen LogP contribution in [0.25, 0.3) is 11.0 Å². The number of nitrogens with two attached hydrogens (primary N) is 1. The van der Waals surface area contributed by atoms with Gasteiger partial charge in [0.05, 0.1) is 11.1 Å². The van der Waals surface area contributed by atoms with E-state index in [1.807, 2.05) is 30.3 Å². The summed E-state index contributed by atoms with van der Waals surface area (Å²) in [4.78, 5) is 31.3. The highest BCUT2D eigenvalue weighted by Gasteiger charge is 2.14. The topological polar surface area (TPSA) is 110 Å². The third-order valence-corrected chi connectivity index (χ3v) is 4.98. The highest BCUT2D eigenvalue weighted by Crippen LogP contribution is 2.24. The molecule has 0 spiro atoms. The molecule has 146 valence electrons. The van der Waals surface area contributed by atoms with Crippen LogP contribution in [-0.4, -0.2) is 44.7 Å². The van der Waals surface area contributed by atoms with Crippen molar-refractivity contribution in [2.24, 2.45) is 5.73 Å². The highest BCUT2D eigenvalue weighted by atomic mass is 32.2. The Kier molecular flexibility index (Phi) is 6.59. The van der Waals surface area contributed by atoms with Crippen LogP contribution in [0, 0.1) is 0 Å². The molecule has 2 aromatic heterocycles. The molecule has 1 aromatic carbocycles. The van der Waals surface area contributed by atoms with Crippen molar-refractivity contribution in [2.45, 2.75) is 25.5 Å². The zero-order valence-electron chi connectivity index (χ0n) is 15.9. The molecule has 3 aromatic rings. The maximum Gasteiger partial charge on any atom is 0.227 e. The molecule has 3 rings (SSSR count). The lowest BCUT2D eigenvalue weighted by Crippen LogP contribution is -2.24. The number of hydrogen-bond acceptors (Lipinski definition) is 8. The van der Waals surface area contributed by atoms with Crippen molar-refractivity contribution >= 4 is 40.5 Å². The largest absolute Gasteiger partial charge is 0.369 e. The zero-order valence-corrected chi connectivity index (χ0v) is 16.7. The van der Waals surface area contributed by atoms with Crippen molar-refractivity contribution in [1.29, 1.82) is 0 Å². The van der Waals surface area contributed by atoms with Gasteiger partial charge in [0, 0.05) is 25.8 Å². The van der Waals surface area contributed by atoms with Gasteiger partial charge in [-0.2, -0.15) is 4.98 Å². The molecule has 28 heavy (non-hydrogen) atoms. The second-order valence-electron chi connectivity index (χ2n) is 6.03. The van der Waals surface area contributed by atoms with Crippen LogP contribution < -0.4 is 16.0 Å². The minimum atomic E-state index is -0.418. The summed E-state index contributed by atoms with van der Waals surface area (Å²) >= 11 is 1.19. The van der Waals surface area contributed by atoms with E-state index in [1.54, 1.807) is 6.20 Å². The van der Waals surface area contributed by atoms with E-state index in [0.29, 0.717) is 29.1 Å². The van der Waals surface area contributed by atoms with Crippen LogP contribution in [0.1, 0.15) is 19.4 Å². The summed E-state index contributed by atoms with van der Waals surface area (Å²) in [6.07, 6.45) is 1.74. The van der Waals surface area contributed by atoms with Crippen molar-refractivity contribution in [3.05, 3.63) is 42.1 Å². The van der Waals surface area contributed by atoms with Crippen molar-refractivity contribution in [3.8, 4) is 0 Å². The van der Waals surface area contributed by atoms with Gasteiger partial charge in [-0.25, -0.2) is 15.0 Å². The Morgan fingerprint density at radius 3 is 2.57 bits per heavy atom. The maximum absolute atomic E-state index is 11.2. The van der Waals surface area contributed by atoms with Crippen molar-refractivity contribution in [3.63, 3.8) is 0 Å². The molecule has 0 saturated carbocycles. The van der Waals surface area contributed by atoms with Gasteiger partial charge in [0.25, 0.3) is 0 Å². The number of nitrogens with one attached hydrogen (secondary N) is 1. The van der Waals surface area contributed by atoms with E-state index < -0.39 is 5.91 Å². The Balaban J connectivity index is 1.97. The average molecular weight is 398 g/mol. The number of carbonyl (C=O) groups is 1. The number of carbonyl (C=O) groups excluding carboxylic acids is 1. The monoisotopic (exact) mass is 397 g/mol. The van der Waals surface area contributed by atoms with E-state index in [1.165, 1.54) is 11.8 Å². The number of nitrogens with zero attached hydrogens (tertiary/aromatic N) is 5. The predicted octanol–water partition coefficient (Wildman–Crippen LogP) is 2.46. The number of aromatic nitrogens is 4. The molecule has 8 nitrogen and oxygen atoms in total. The number of amides is 1.